The van der Waals surface area contributed by atoms with Crippen LogP contribution < -0.4 is 5.73 Å². The molecule has 0 bridgehead atoms. The lowest BCUT2D eigenvalue weighted by molar-refractivity contribution is -0.138. The van der Waals surface area contributed by atoms with Crippen molar-refractivity contribution in [2.75, 3.05) is 26.7 Å². The van der Waals surface area contributed by atoms with Crippen molar-refractivity contribution in [3.8, 4) is 23.1 Å². The average Bonchev–Trinajstić information content (AvgIpc) is 3.37. The number of fused-ring (bicyclic) bond motifs is 2. The van der Waals surface area contributed by atoms with Gasteiger partial charge in [-0.15, -0.1) is 5.92 Å². The lowest BCUT2D eigenvalue weighted by atomic mass is 10.1. The lowest BCUT2D eigenvalue weighted by Gasteiger charge is -2.41. The SMILES string of the molecule is CC#CCN1C(N2CCC[C@@H](N)C2)=NC2C1C(=O)N(Cc1nc(-c3ccccc3)c3ccccc3n1)C(=O)N2C. The standard InChI is InChI=1S/C30H32N8O2/c1-3-4-17-37-26-27(34-29(37)36-16-10-13-21(31)18-36)35(2)30(40)38(28(26)39)19-24-32-23-15-9-8-14-22(23)25(33-24)20-11-6-5-7-12-20/h5-9,11-12,14-15,21,26-27H,10,13,16-19,31H2,1-2H3/t21-,26?,27?/m1/s1. The number of urea groups is 1. The first-order valence-corrected chi connectivity index (χ1v) is 13.6. The van der Waals surface area contributed by atoms with E-state index in [9.17, 15) is 9.59 Å². The molecular formula is C30H32N8O2. The highest BCUT2D eigenvalue weighted by molar-refractivity contribution is 6.04. The fourth-order valence-electron chi connectivity index (χ4n) is 5.75. The molecule has 2 saturated heterocycles. The summed E-state index contributed by atoms with van der Waals surface area (Å²) in [6, 6.07) is 16.5. The summed E-state index contributed by atoms with van der Waals surface area (Å²) in [7, 11) is 1.69. The van der Waals surface area contributed by atoms with Crippen LogP contribution in [0.25, 0.3) is 22.2 Å². The van der Waals surface area contributed by atoms with Crippen LogP contribution in [-0.4, -0.2) is 92.4 Å². The number of amides is 3. The second-order valence-corrected chi connectivity index (χ2v) is 10.4. The molecule has 0 saturated carbocycles. The number of para-hydroxylation sites is 1. The Bertz CT molecular complexity index is 1550. The van der Waals surface area contributed by atoms with Gasteiger partial charge in [0.05, 0.1) is 24.3 Å². The Labute approximate surface area is 233 Å². The Balaban J connectivity index is 1.35. The molecular weight excluding hydrogens is 504 g/mol. The van der Waals surface area contributed by atoms with Gasteiger partial charge in [-0.1, -0.05) is 54.5 Å². The highest BCUT2D eigenvalue weighted by atomic mass is 16.2. The van der Waals surface area contributed by atoms with E-state index in [0.717, 1.165) is 41.5 Å². The molecule has 10 nitrogen and oxygen atoms in total. The van der Waals surface area contributed by atoms with Gasteiger partial charge in [-0.25, -0.2) is 19.8 Å². The van der Waals surface area contributed by atoms with E-state index < -0.39 is 18.2 Å². The smallest absolute Gasteiger partial charge is 0.328 e. The number of carbonyl (C=O) groups is 2. The van der Waals surface area contributed by atoms with Crippen LogP contribution in [0.4, 0.5) is 4.79 Å². The average molecular weight is 537 g/mol. The largest absolute Gasteiger partial charge is 0.341 e. The first kappa shape index (κ1) is 25.8. The predicted octanol–water partition coefficient (Wildman–Crippen LogP) is 2.50. The first-order chi connectivity index (χ1) is 19.5. The Morgan fingerprint density at radius 2 is 1.82 bits per heavy atom. The molecule has 0 aliphatic carbocycles. The number of hydrogen-bond donors (Lipinski definition) is 1. The number of aromatic nitrogens is 2. The number of nitrogens with zero attached hydrogens (tertiary/aromatic N) is 7. The number of carbonyl (C=O) groups excluding carboxylic acids is 2. The van der Waals surface area contributed by atoms with Crippen molar-refractivity contribution in [2.45, 2.75) is 44.6 Å². The van der Waals surface area contributed by atoms with E-state index in [1.165, 1.54) is 9.80 Å². The summed E-state index contributed by atoms with van der Waals surface area (Å²) >= 11 is 0. The molecule has 10 heteroatoms. The number of hydrogen-bond acceptors (Lipinski definition) is 8. The molecule has 3 aliphatic heterocycles. The molecule has 2 fully saturated rings. The summed E-state index contributed by atoms with van der Waals surface area (Å²) in [5.74, 6) is 6.77. The van der Waals surface area contributed by atoms with Crippen LogP contribution in [0, 0.1) is 11.8 Å². The second-order valence-electron chi connectivity index (χ2n) is 10.4. The van der Waals surface area contributed by atoms with Crippen molar-refractivity contribution in [3.05, 3.63) is 60.4 Å². The number of nitrogens with two attached hydrogens (primary N) is 1. The number of piperidine rings is 1. The topological polar surface area (TPSA) is 111 Å². The molecule has 6 rings (SSSR count). The van der Waals surface area contributed by atoms with Gasteiger partial charge in [0.2, 0.25) is 0 Å². The maximum atomic E-state index is 14.1. The van der Waals surface area contributed by atoms with Crippen LogP contribution >= 0.6 is 0 Å². The van der Waals surface area contributed by atoms with Gasteiger partial charge in [-0.3, -0.25) is 9.69 Å². The van der Waals surface area contributed by atoms with Gasteiger partial charge in [-0.05, 0) is 25.8 Å². The van der Waals surface area contributed by atoms with Crippen molar-refractivity contribution in [1.82, 2.24) is 29.6 Å². The molecule has 0 spiro atoms. The summed E-state index contributed by atoms with van der Waals surface area (Å²) < 4.78 is 0. The normalized spacial score (nSPS) is 22.8. The minimum atomic E-state index is -0.689. The molecule has 2 aromatic carbocycles. The van der Waals surface area contributed by atoms with Crippen LogP contribution in [0.15, 0.2) is 59.6 Å². The Morgan fingerprint density at radius 3 is 2.60 bits per heavy atom. The van der Waals surface area contributed by atoms with Gasteiger partial charge in [0, 0.05) is 37.1 Å². The maximum Gasteiger partial charge on any atom is 0.328 e. The molecule has 3 aromatic rings. The Hall–Kier alpha value is -4.49. The molecule has 4 heterocycles. The van der Waals surface area contributed by atoms with Crippen molar-refractivity contribution in [1.29, 1.82) is 0 Å². The molecule has 204 valence electrons. The summed E-state index contributed by atoms with van der Waals surface area (Å²) in [4.78, 5) is 49.0. The van der Waals surface area contributed by atoms with Gasteiger partial charge in [0.15, 0.2) is 18.2 Å². The number of likely N-dealkylation sites (N-methyl/N-ethyl adjacent to an activating group) is 1. The monoisotopic (exact) mass is 536 g/mol. The molecule has 3 atom stereocenters. The number of imide groups is 1. The molecule has 3 amide bonds. The zero-order valence-electron chi connectivity index (χ0n) is 22.7. The Morgan fingerprint density at radius 1 is 1.05 bits per heavy atom. The number of likely N-dealkylation sites (tertiary alicyclic amines) is 1. The first-order valence-electron chi connectivity index (χ1n) is 13.6. The summed E-state index contributed by atoms with van der Waals surface area (Å²) in [6.07, 6.45) is 1.26. The highest BCUT2D eigenvalue weighted by Crippen LogP contribution is 2.31. The van der Waals surface area contributed by atoms with E-state index in [1.807, 2.05) is 59.5 Å². The fraction of sp³-hybridized carbons (Fsp3) is 0.367. The van der Waals surface area contributed by atoms with E-state index in [4.69, 9.17) is 20.7 Å². The second kappa shape index (κ2) is 10.6. The quantitative estimate of drug-likeness (QED) is 0.510. The molecule has 3 aliphatic rings. The van der Waals surface area contributed by atoms with Crippen molar-refractivity contribution in [3.63, 3.8) is 0 Å². The molecule has 1 aromatic heterocycles. The Kier molecular flexibility index (Phi) is 6.82. The van der Waals surface area contributed by atoms with Crippen LogP contribution in [0.5, 0.6) is 0 Å². The highest BCUT2D eigenvalue weighted by Gasteiger charge is 2.53. The number of guanidine groups is 1. The maximum absolute atomic E-state index is 14.1. The summed E-state index contributed by atoms with van der Waals surface area (Å²) in [5, 5.41) is 0.906. The zero-order valence-corrected chi connectivity index (χ0v) is 22.7. The predicted molar refractivity (Wildman–Crippen MR) is 153 cm³/mol. The van der Waals surface area contributed by atoms with Gasteiger partial charge < -0.3 is 20.4 Å². The third-order valence-corrected chi connectivity index (χ3v) is 7.73. The van der Waals surface area contributed by atoms with Crippen LogP contribution in [0.2, 0.25) is 0 Å². The number of aliphatic imine (C=N–C) groups is 1. The van der Waals surface area contributed by atoms with E-state index >= 15 is 0 Å². The molecule has 40 heavy (non-hydrogen) atoms. The molecule has 2 unspecified atom stereocenters. The van der Waals surface area contributed by atoms with E-state index in [0.29, 0.717) is 24.9 Å². The van der Waals surface area contributed by atoms with Gasteiger partial charge >= 0.3 is 6.03 Å². The van der Waals surface area contributed by atoms with Gasteiger partial charge in [-0.2, -0.15) is 0 Å². The van der Waals surface area contributed by atoms with Crippen molar-refractivity contribution >= 4 is 28.8 Å². The molecule has 2 N–H and O–H groups in total. The third kappa shape index (κ3) is 4.52. The fourth-order valence-corrected chi connectivity index (χ4v) is 5.75. The summed E-state index contributed by atoms with van der Waals surface area (Å²) in [5.41, 5.74) is 8.72. The van der Waals surface area contributed by atoms with E-state index in [-0.39, 0.29) is 18.5 Å². The minimum Gasteiger partial charge on any atom is -0.341 e. The lowest BCUT2D eigenvalue weighted by Crippen LogP contribution is -2.65. The number of benzene rings is 2. The van der Waals surface area contributed by atoms with E-state index in [1.54, 1.807) is 14.0 Å². The van der Waals surface area contributed by atoms with Gasteiger partial charge in [0.25, 0.3) is 5.91 Å². The minimum absolute atomic E-state index is 0.0358. The van der Waals surface area contributed by atoms with E-state index in [2.05, 4.69) is 16.7 Å². The van der Waals surface area contributed by atoms with Crippen LogP contribution in [0.3, 0.4) is 0 Å². The van der Waals surface area contributed by atoms with Crippen molar-refractivity contribution < 1.29 is 9.59 Å². The molecule has 0 radical (unpaired) electrons. The van der Waals surface area contributed by atoms with Crippen LogP contribution in [0.1, 0.15) is 25.6 Å². The zero-order chi connectivity index (χ0) is 27.8. The number of rotatable bonds is 4. The van der Waals surface area contributed by atoms with Crippen LogP contribution in [-0.2, 0) is 11.3 Å². The third-order valence-electron chi connectivity index (χ3n) is 7.73. The summed E-state index contributed by atoms with van der Waals surface area (Å²) in [6.45, 7) is 3.50. The van der Waals surface area contributed by atoms with Crippen molar-refractivity contribution in [2.24, 2.45) is 10.7 Å². The van der Waals surface area contributed by atoms with Gasteiger partial charge in [0.1, 0.15) is 5.82 Å².